The van der Waals surface area contributed by atoms with Crippen LogP contribution in [0.15, 0.2) is 29.2 Å². The van der Waals surface area contributed by atoms with Gasteiger partial charge in [0.1, 0.15) is 5.82 Å². The highest BCUT2D eigenvalue weighted by Crippen LogP contribution is 2.18. The number of halogens is 1. The number of likely N-dealkylation sites (N-methyl/N-ethyl adjacent to an activating group) is 1. The van der Waals surface area contributed by atoms with Crippen LogP contribution in [0.2, 0.25) is 0 Å². The Morgan fingerprint density at radius 2 is 1.87 bits per heavy atom. The largest absolute Gasteiger partial charge is 0.355 e. The lowest BCUT2D eigenvalue weighted by Gasteiger charge is -2.21. The molecule has 0 unspecified atom stereocenters. The van der Waals surface area contributed by atoms with Gasteiger partial charge in [-0.3, -0.25) is 9.69 Å². The first-order chi connectivity index (χ1) is 10.9. The van der Waals surface area contributed by atoms with Gasteiger partial charge in [0.15, 0.2) is 0 Å². The Morgan fingerprint density at radius 3 is 2.52 bits per heavy atom. The van der Waals surface area contributed by atoms with Crippen molar-refractivity contribution in [3.05, 3.63) is 30.1 Å². The average Bonchev–Trinajstić information content (AvgIpc) is 2.74. The molecule has 1 N–H and O–H groups in total. The molecule has 128 valence electrons. The van der Waals surface area contributed by atoms with E-state index in [-0.39, 0.29) is 17.3 Å². The van der Waals surface area contributed by atoms with Gasteiger partial charge in [-0.2, -0.15) is 4.31 Å². The van der Waals surface area contributed by atoms with Crippen molar-refractivity contribution < 1.29 is 17.6 Å². The van der Waals surface area contributed by atoms with E-state index in [2.05, 4.69) is 5.32 Å². The lowest BCUT2D eigenvalue weighted by atomic mass is 10.4. The van der Waals surface area contributed by atoms with Gasteiger partial charge < -0.3 is 5.32 Å². The monoisotopic (exact) mass is 343 g/mol. The molecule has 1 fully saturated rings. The van der Waals surface area contributed by atoms with E-state index in [9.17, 15) is 17.6 Å². The molecular weight excluding hydrogens is 321 g/mol. The van der Waals surface area contributed by atoms with Gasteiger partial charge in [0, 0.05) is 26.2 Å². The van der Waals surface area contributed by atoms with Crippen LogP contribution in [0.1, 0.15) is 13.3 Å². The average molecular weight is 343 g/mol. The molecule has 0 saturated carbocycles. The number of hydrogen-bond acceptors (Lipinski definition) is 4. The van der Waals surface area contributed by atoms with Gasteiger partial charge in [0.2, 0.25) is 15.9 Å². The highest BCUT2D eigenvalue weighted by molar-refractivity contribution is 7.89. The molecular formula is C15H22FN3O3S. The highest BCUT2D eigenvalue weighted by atomic mass is 32.2. The second kappa shape index (κ2) is 7.85. The normalized spacial score (nSPS) is 17.7. The Kier molecular flexibility index (Phi) is 6.09. The zero-order valence-electron chi connectivity index (χ0n) is 13.2. The van der Waals surface area contributed by atoms with E-state index in [1.165, 1.54) is 16.4 Å². The fourth-order valence-electron chi connectivity index (χ4n) is 2.56. The first-order valence-corrected chi connectivity index (χ1v) is 9.12. The number of nitrogens with zero attached hydrogens (tertiary/aromatic N) is 2. The third-order valence-corrected chi connectivity index (χ3v) is 5.65. The van der Waals surface area contributed by atoms with Crippen molar-refractivity contribution in [2.45, 2.75) is 18.2 Å². The van der Waals surface area contributed by atoms with Gasteiger partial charge in [-0.05, 0) is 44.2 Å². The van der Waals surface area contributed by atoms with Crippen molar-refractivity contribution in [2.75, 3.05) is 39.3 Å². The van der Waals surface area contributed by atoms with E-state index < -0.39 is 15.8 Å². The molecule has 0 aliphatic carbocycles. The van der Waals surface area contributed by atoms with Crippen molar-refractivity contribution >= 4 is 15.9 Å². The number of nitrogens with one attached hydrogen (secondary N) is 1. The second-order valence-electron chi connectivity index (χ2n) is 5.44. The Balaban J connectivity index is 2.02. The van der Waals surface area contributed by atoms with Crippen molar-refractivity contribution in [3.8, 4) is 0 Å². The predicted octanol–water partition coefficient (Wildman–Crippen LogP) is 0.658. The Labute approximate surface area is 136 Å². The van der Waals surface area contributed by atoms with Gasteiger partial charge >= 0.3 is 0 Å². The molecule has 6 nitrogen and oxygen atoms in total. The third kappa shape index (κ3) is 4.73. The quantitative estimate of drug-likeness (QED) is 0.853. The number of carbonyl (C=O) groups excluding carboxylic acids is 1. The summed E-state index contributed by atoms with van der Waals surface area (Å²) in [7, 11) is -3.62. The van der Waals surface area contributed by atoms with Crippen LogP contribution in [0.25, 0.3) is 0 Å². The van der Waals surface area contributed by atoms with E-state index in [1.807, 2.05) is 11.8 Å². The zero-order chi connectivity index (χ0) is 16.9. The van der Waals surface area contributed by atoms with Gasteiger partial charge in [-0.15, -0.1) is 0 Å². The molecule has 1 saturated heterocycles. The van der Waals surface area contributed by atoms with Crippen molar-refractivity contribution in [2.24, 2.45) is 0 Å². The summed E-state index contributed by atoms with van der Waals surface area (Å²) in [5.74, 6) is -0.518. The van der Waals surface area contributed by atoms with Crippen LogP contribution in [0.5, 0.6) is 0 Å². The molecule has 1 aromatic carbocycles. The molecule has 1 aliphatic rings. The van der Waals surface area contributed by atoms with Crippen molar-refractivity contribution in [3.63, 3.8) is 0 Å². The molecule has 0 bridgehead atoms. The molecule has 0 spiro atoms. The first-order valence-electron chi connectivity index (χ1n) is 7.68. The highest BCUT2D eigenvalue weighted by Gasteiger charge is 2.27. The molecule has 1 aromatic rings. The minimum absolute atomic E-state index is 0.0534. The van der Waals surface area contributed by atoms with Crippen molar-refractivity contribution in [1.29, 1.82) is 0 Å². The number of rotatable bonds is 5. The van der Waals surface area contributed by atoms with Gasteiger partial charge in [0.05, 0.1) is 11.4 Å². The molecule has 1 aliphatic heterocycles. The lowest BCUT2D eigenvalue weighted by molar-refractivity contribution is -0.122. The van der Waals surface area contributed by atoms with E-state index in [4.69, 9.17) is 0 Å². The third-order valence-electron chi connectivity index (χ3n) is 3.74. The maximum Gasteiger partial charge on any atom is 0.243 e. The van der Waals surface area contributed by atoms with Crippen LogP contribution in [-0.4, -0.2) is 62.8 Å². The van der Waals surface area contributed by atoms with Gasteiger partial charge in [-0.1, -0.05) is 0 Å². The van der Waals surface area contributed by atoms with E-state index in [0.29, 0.717) is 39.1 Å². The summed E-state index contributed by atoms with van der Waals surface area (Å²) < 4.78 is 39.5. The Morgan fingerprint density at radius 1 is 1.17 bits per heavy atom. The number of benzene rings is 1. The number of amides is 1. The molecule has 8 heteroatoms. The molecule has 0 atom stereocenters. The van der Waals surface area contributed by atoms with Crippen LogP contribution in [0.3, 0.4) is 0 Å². The minimum Gasteiger partial charge on any atom is -0.355 e. The van der Waals surface area contributed by atoms with Gasteiger partial charge in [0.25, 0.3) is 0 Å². The van der Waals surface area contributed by atoms with Crippen LogP contribution in [-0.2, 0) is 14.8 Å². The smallest absolute Gasteiger partial charge is 0.243 e. The summed E-state index contributed by atoms with van der Waals surface area (Å²) in [5.41, 5.74) is 0. The summed E-state index contributed by atoms with van der Waals surface area (Å²) in [6, 6.07) is 4.85. The fraction of sp³-hybridized carbons (Fsp3) is 0.533. The second-order valence-corrected chi connectivity index (χ2v) is 7.38. The summed E-state index contributed by atoms with van der Waals surface area (Å²) in [6.07, 6.45) is 0.653. The van der Waals surface area contributed by atoms with E-state index in [0.717, 1.165) is 12.1 Å². The van der Waals surface area contributed by atoms with Crippen LogP contribution >= 0.6 is 0 Å². The SMILES string of the molecule is CCNC(=O)CN1CCCN(S(=O)(=O)c2ccc(F)cc2)CC1. The standard InChI is InChI=1S/C15H22FN3O3S/c1-2-17-15(20)12-18-8-3-9-19(11-10-18)23(21,22)14-6-4-13(16)5-7-14/h4-7H,2-3,8-12H2,1H3,(H,17,20). The summed E-state index contributed by atoms with van der Waals surface area (Å²) >= 11 is 0. The Bertz CT molecular complexity index is 634. The molecule has 0 aromatic heterocycles. The number of carbonyl (C=O) groups is 1. The molecule has 23 heavy (non-hydrogen) atoms. The van der Waals surface area contributed by atoms with Crippen molar-refractivity contribution in [1.82, 2.24) is 14.5 Å². The minimum atomic E-state index is -3.62. The summed E-state index contributed by atoms with van der Waals surface area (Å²) in [4.78, 5) is 13.7. The maximum atomic E-state index is 13.0. The fourth-order valence-corrected chi connectivity index (χ4v) is 4.03. The molecule has 2 rings (SSSR count). The van der Waals surface area contributed by atoms with Gasteiger partial charge in [-0.25, -0.2) is 12.8 Å². The first kappa shape index (κ1) is 17.8. The maximum absolute atomic E-state index is 13.0. The van der Waals surface area contributed by atoms with E-state index >= 15 is 0 Å². The molecule has 0 radical (unpaired) electrons. The van der Waals surface area contributed by atoms with Crippen LogP contribution in [0.4, 0.5) is 4.39 Å². The number of sulfonamides is 1. The topological polar surface area (TPSA) is 69.7 Å². The van der Waals surface area contributed by atoms with E-state index in [1.54, 1.807) is 0 Å². The Hall–Kier alpha value is -1.51. The number of hydrogen-bond donors (Lipinski definition) is 1. The summed E-state index contributed by atoms with van der Waals surface area (Å²) in [5, 5.41) is 2.74. The molecule has 1 amide bonds. The zero-order valence-corrected chi connectivity index (χ0v) is 14.0. The molecule has 1 heterocycles. The predicted molar refractivity (Wildman–Crippen MR) is 84.9 cm³/mol. The lowest BCUT2D eigenvalue weighted by Crippen LogP contribution is -2.40. The van der Waals surface area contributed by atoms with Crippen LogP contribution in [0, 0.1) is 5.82 Å². The summed E-state index contributed by atoms with van der Waals surface area (Å²) in [6.45, 7) is 4.60. The van der Waals surface area contributed by atoms with Crippen LogP contribution < -0.4 is 5.32 Å².